The number of thioether (sulfide) groups is 1. The lowest BCUT2D eigenvalue weighted by Crippen LogP contribution is -2.47. The lowest BCUT2D eigenvalue weighted by atomic mass is 9.85. The fraction of sp³-hybridized carbons (Fsp3) is 0.444. The van der Waals surface area contributed by atoms with Gasteiger partial charge in [0.25, 0.3) is 0 Å². The Balaban J connectivity index is 1.30. The summed E-state index contributed by atoms with van der Waals surface area (Å²) in [5.41, 5.74) is 4.67. The van der Waals surface area contributed by atoms with Crippen molar-refractivity contribution in [2.24, 2.45) is 5.92 Å². The van der Waals surface area contributed by atoms with Gasteiger partial charge in [0.1, 0.15) is 12.6 Å². The Labute approximate surface area is 210 Å². The van der Waals surface area contributed by atoms with Crippen molar-refractivity contribution in [1.29, 1.82) is 0 Å². The van der Waals surface area contributed by atoms with Crippen LogP contribution in [0.5, 0.6) is 0 Å². The van der Waals surface area contributed by atoms with Gasteiger partial charge in [0.05, 0.1) is 0 Å². The summed E-state index contributed by atoms with van der Waals surface area (Å²) in [6.45, 7) is 0.242. The first-order chi connectivity index (χ1) is 17.0. The maximum absolute atomic E-state index is 12.7. The third kappa shape index (κ3) is 5.99. The fourth-order valence-electron chi connectivity index (χ4n) is 5.15. The van der Waals surface area contributed by atoms with Crippen molar-refractivity contribution in [2.45, 2.75) is 50.1 Å². The summed E-state index contributed by atoms with van der Waals surface area (Å²) in [6.07, 6.45) is 4.52. The minimum Gasteiger partial charge on any atom is -0.480 e. The van der Waals surface area contributed by atoms with Crippen LogP contribution >= 0.6 is 11.8 Å². The molecule has 4 rings (SSSR count). The standard InChI is InChI=1S/C27H32N2O5S/c1-35-14-13-24(26(31)32)29-25(30)17-7-6-8-18(15-17)28-27(33)34-16-23-21-11-4-2-9-19(21)20-10-3-5-12-22(20)23/h2-5,9-12,17-18,23-24H,6-8,13-16H2,1H3,(H,28,33)(H,29,30)(H,31,32)/t17?,18?,24-/m1/s1. The van der Waals surface area contributed by atoms with Crippen LogP contribution in [0.4, 0.5) is 4.79 Å². The van der Waals surface area contributed by atoms with E-state index >= 15 is 0 Å². The van der Waals surface area contributed by atoms with Crippen LogP contribution in [-0.4, -0.2) is 53.8 Å². The monoisotopic (exact) mass is 496 g/mol. The minimum absolute atomic E-state index is 0.00716. The number of hydrogen-bond donors (Lipinski definition) is 3. The highest BCUT2D eigenvalue weighted by Gasteiger charge is 2.32. The Kier molecular flexibility index (Phi) is 8.33. The molecular weight excluding hydrogens is 464 g/mol. The van der Waals surface area contributed by atoms with Gasteiger partial charge in [0.2, 0.25) is 5.91 Å². The molecule has 3 atom stereocenters. The van der Waals surface area contributed by atoms with Crippen LogP contribution in [0.25, 0.3) is 11.1 Å². The van der Waals surface area contributed by atoms with Gasteiger partial charge in [-0.3, -0.25) is 4.79 Å². The van der Waals surface area contributed by atoms with Gasteiger partial charge in [-0.1, -0.05) is 55.0 Å². The highest BCUT2D eigenvalue weighted by Crippen LogP contribution is 2.44. The Morgan fingerprint density at radius 2 is 1.71 bits per heavy atom. The van der Waals surface area contributed by atoms with Crippen molar-refractivity contribution in [3.8, 4) is 11.1 Å². The number of amides is 2. The number of nitrogens with one attached hydrogen (secondary N) is 2. The average Bonchev–Trinajstić information content (AvgIpc) is 3.19. The van der Waals surface area contributed by atoms with Crippen LogP contribution in [0, 0.1) is 5.92 Å². The maximum atomic E-state index is 12.7. The van der Waals surface area contributed by atoms with E-state index in [-0.39, 0.29) is 30.4 Å². The van der Waals surface area contributed by atoms with Crippen LogP contribution < -0.4 is 10.6 Å². The van der Waals surface area contributed by atoms with Crippen molar-refractivity contribution in [1.82, 2.24) is 10.6 Å². The van der Waals surface area contributed by atoms with Crippen molar-refractivity contribution < 1.29 is 24.2 Å². The largest absolute Gasteiger partial charge is 0.480 e. The number of hydrogen-bond acceptors (Lipinski definition) is 5. The highest BCUT2D eigenvalue weighted by atomic mass is 32.2. The third-order valence-corrected chi connectivity index (χ3v) is 7.58. The number of carbonyl (C=O) groups excluding carboxylic acids is 2. The van der Waals surface area contributed by atoms with Crippen LogP contribution in [0.1, 0.15) is 49.1 Å². The lowest BCUT2D eigenvalue weighted by molar-refractivity contribution is -0.142. The van der Waals surface area contributed by atoms with E-state index < -0.39 is 18.1 Å². The fourth-order valence-corrected chi connectivity index (χ4v) is 5.62. The summed E-state index contributed by atoms with van der Waals surface area (Å²) in [6, 6.07) is 15.3. The number of carboxylic acid groups (broad SMARTS) is 1. The second-order valence-electron chi connectivity index (χ2n) is 9.21. The normalized spacial score (nSPS) is 19.8. The average molecular weight is 497 g/mol. The SMILES string of the molecule is CSCC[C@@H](NC(=O)C1CCCC(NC(=O)OCC2c3ccccc3-c3ccccc32)C1)C(=O)O. The highest BCUT2D eigenvalue weighted by molar-refractivity contribution is 7.98. The first kappa shape index (κ1) is 25.1. The van der Waals surface area contributed by atoms with Gasteiger partial charge in [0.15, 0.2) is 0 Å². The first-order valence-corrected chi connectivity index (χ1v) is 13.5. The molecule has 8 heteroatoms. The van der Waals surface area contributed by atoms with E-state index in [1.807, 2.05) is 30.5 Å². The Morgan fingerprint density at radius 3 is 2.34 bits per heavy atom. The molecule has 2 aliphatic rings. The van der Waals surface area contributed by atoms with E-state index in [0.29, 0.717) is 25.0 Å². The van der Waals surface area contributed by atoms with E-state index in [9.17, 15) is 19.5 Å². The predicted octanol–water partition coefficient (Wildman–Crippen LogP) is 4.41. The van der Waals surface area contributed by atoms with E-state index in [1.54, 1.807) is 11.8 Å². The van der Waals surface area contributed by atoms with E-state index in [0.717, 1.165) is 24.0 Å². The number of benzene rings is 2. The van der Waals surface area contributed by atoms with E-state index in [1.165, 1.54) is 11.1 Å². The lowest BCUT2D eigenvalue weighted by Gasteiger charge is -2.29. The van der Waals surface area contributed by atoms with Crippen molar-refractivity contribution in [3.05, 3.63) is 59.7 Å². The second kappa shape index (κ2) is 11.6. The number of aliphatic carboxylic acids is 1. The van der Waals surface area contributed by atoms with E-state index in [4.69, 9.17) is 4.74 Å². The zero-order valence-electron chi connectivity index (χ0n) is 19.9. The van der Waals surface area contributed by atoms with Crippen LogP contribution in [0.3, 0.4) is 0 Å². The number of fused-ring (bicyclic) bond motifs is 3. The zero-order valence-corrected chi connectivity index (χ0v) is 20.7. The molecule has 2 aromatic carbocycles. The number of carboxylic acids is 1. The number of carbonyl (C=O) groups is 3. The topological polar surface area (TPSA) is 105 Å². The van der Waals surface area contributed by atoms with Crippen LogP contribution in [0.15, 0.2) is 48.5 Å². The van der Waals surface area contributed by atoms with Gasteiger partial charge in [0, 0.05) is 17.9 Å². The molecule has 0 aromatic heterocycles. The van der Waals surface area contributed by atoms with Gasteiger partial charge in [-0.2, -0.15) is 11.8 Å². The summed E-state index contributed by atoms with van der Waals surface area (Å²) < 4.78 is 5.65. The predicted molar refractivity (Wildman–Crippen MR) is 137 cm³/mol. The summed E-state index contributed by atoms with van der Waals surface area (Å²) in [4.78, 5) is 36.8. The molecule has 0 heterocycles. The smallest absolute Gasteiger partial charge is 0.407 e. The zero-order chi connectivity index (χ0) is 24.8. The van der Waals surface area contributed by atoms with Gasteiger partial charge < -0.3 is 20.5 Å². The molecule has 0 radical (unpaired) electrons. The first-order valence-electron chi connectivity index (χ1n) is 12.1. The number of ether oxygens (including phenoxy) is 1. The summed E-state index contributed by atoms with van der Waals surface area (Å²) in [5.74, 6) is -0.937. The Morgan fingerprint density at radius 1 is 1.06 bits per heavy atom. The van der Waals surface area contributed by atoms with Gasteiger partial charge >= 0.3 is 12.1 Å². The Bertz CT molecular complexity index is 1030. The van der Waals surface area contributed by atoms with E-state index in [2.05, 4.69) is 34.9 Å². The van der Waals surface area contributed by atoms with Crippen molar-refractivity contribution >= 4 is 29.7 Å². The second-order valence-corrected chi connectivity index (χ2v) is 10.2. The Hall–Kier alpha value is -3.00. The molecule has 0 saturated heterocycles. The molecule has 2 aromatic rings. The quantitative estimate of drug-likeness (QED) is 0.475. The van der Waals surface area contributed by atoms with Crippen LogP contribution in [-0.2, 0) is 14.3 Å². The van der Waals surface area contributed by atoms with Gasteiger partial charge in [-0.05, 0) is 59.9 Å². The van der Waals surface area contributed by atoms with Crippen molar-refractivity contribution in [3.63, 3.8) is 0 Å². The molecule has 0 spiro atoms. The van der Waals surface area contributed by atoms with Gasteiger partial charge in [-0.25, -0.2) is 9.59 Å². The molecule has 0 aliphatic heterocycles. The summed E-state index contributed by atoms with van der Waals surface area (Å²) in [5, 5.41) is 15.0. The molecule has 35 heavy (non-hydrogen) atoms. The summed E-state index contributed by atoms with van der Waals surface area (Å²) in [7, 11) is 0. The number of rotatable bonds is 9. The molecule has 1 saturated carbocycles. The van der Waals surface area contributed by atoms with Crippen LogP contribution in [0.2, 0.25) is 0 Å². The maximum Gasteiger partial charge on any atom is 0.407 e. The third-order valence-electron chi connectivity index (χ3n) is 6.94. The summed E-state index contributed by atoms with van der Waals surface area (Å²) >= 11 is 1.55. The minimum atomic E-state index is -1.02. The molecule has 7 nitrogen and oxygen atoms in total. The molecule has 1 fully saturated rings. The molecule has 2 amide bonds. The molecular formula is C27H32N2O5S. The van der Waals surface area contributed by atoms with Gasteiger partial charge in [-0.15, -0.1) is 0 Å². The molecule has 0 bridgehead atoms. The van der Waals surface area contributed by atoms with Crippen molar-refractivity contribution in [2.75, 3.05) is 18.6 Å². The molecule has 186 valence electrons. The molecule has 3 N–H and O–H groups in total. The molecule has 2 unspecified atom stereocenters. The number of alkyl carbamates (subject to hydrolysis) is 1. The molecule has 2 aliphatic carbocycles.